The van der Waals surface area contributed by atoms with Crippen molar-refractivity contribution in [1.29, 1.82) is 0 Å². The first-order valence-corrected chi connectivity index (χ1v) is 8.85. The van der Waals surface area contributed by atoms with Crippen LogP contribution in [0.3, 0.4) is 0 Å². The summed E-state index contributed by atoms with van der Waals surface area (Å²) >= 11 is 1.67. The molecule has 0 heterocycles. The zero-order valence-electron chi connectivity index (χ0n) is 12.8. The van der Waals surface area contributed by atoms with Gasteiger partial charge in [0.25, 0.3) is 0 Å². The topological polar surface area (TPSA) is 29.1 Å². The van der Waals surface area contributed by atoms with Gasteiger partial charge in [-0.05, 0) is 55.0 Å². The number of rotatable bonds is 5. The highest BCUT2D eigenvalue weighted by Crippen LogP contribution is 2.28. The molecule has 3 rings (SSSR count). The summed E-state index contributed by atoms with van der Waals surface area (Å²) < 4.78 is 0. The number of anilines is 1. The lowest BCUT2D eigenvalue weighted by atomic mass is 10.1. The molecule has 114 valence electrons. The van der Waals surface area contributed by atoms with Crippen LogP contribution < -0.4 is 5.32 Å². The molecule has 0 bridgehead atoms. The highest BCUT2D eigenvalue weighted by Gasteiger charge is 2.13. The van der Waals surface area contributed by atoms with Gasteiger partial charge in [0.15, 0.2) is 0 Å². The van der Waals surface area contributed by atoms with Crippen molar-refractivity contribution in [2.24, 2.45) is 0 Å². The summed E-state index contributed by atoms with van der Waals surface area (Å²) in [6.45, 7) is 2.14. The SMILES string of the molecule is C[C@H](SCC(=O)Nc1ccc2c(c1)CCC2)c1ccccc1. The molecule has 0 spiro atoms. The number of aryl methyl sites for hydroxylation is 2. The highest BCUT2D eigenvalue weighted by atomic mass is 32.2. The fourth-order valence-corrected chi connectivity index (χ4v) is 3.69. The van der Waals surface area contributed by atoms with Gasteiger partial charge in [-0.25, -0.2) is 0 Å². The fraction of sp³-hybridized carbons (Fsp3) is 0.316. The van der Waals surface area contributed by atoms with Crippen LogP contribution in [0, 0.1) is 0 Å². The van der Waals surface area contributed by atoms with Gasteiger partial charge in [-0.2, -0.15) is 0 Å². The molecular formula is C19H21NOS. The molecule has 1 N–H and O–H groups in total. The standard InChI is InChI=1S/C19H21NOS/c1-14(15-6-3-2-4-7-15)22-13-19(21)20-18-11-10-16-8-5-9-17(16)12-18/h2-4,6-7,10-12,14H,5,8-9,13H2,1H3,(H,20,21)/t14-/m0/s1. The van der Waals surface area contributed by atoms with Crippen molar-refractivity contribution in [2.75, 3.05) is 11.1 Å². The van der Waals surface area contributed by atoms with E-state index in [0.717, 1.165) is 12.1 Å². The minimum atomic E-state index is 0.0747. The van der Waals surface area contributed by atoms with E-state index in [9.17, 15) is 4.79 Å². The summed E-state index contributed by atoms with van der Waals surface area (Å²) in [5.74, 6) is 0.554. The van der Waals surface area contributed by atoms with E-state index in [1.54, 1.807) is 11.8 Å². The van der Waals surface area contributed by atoms with Gasteiger partial charge in [-0.3, -0.25) is 4.79 Å². The van der Waals surface area contributed by atoms with Crippen LogP contribution in [0.2, 0.25) is 0 Å². The van der Waals surface area contributed by atoms with E-state index in [-0.39, 0.29) is 5.91 Å². The van der Waals surface area contributed by atoms with Gasteiger partial charge in [0, 0.05) is 10.9 Å². The molecule has 0 aromatic heterocycles. The Morgan fingerprint density at radius 1 is 1.14 bits per heavy atom. The predicted octanol–water partition coefficient (Wildman–Crippen LogP) is 4.61. The summed E-state index contributed by atoms with van der Waals surface area (Å²) in [6.07, 6.45) is 3.55. The number of hydrogen-bond acceptors (Lipinski definition) is 2. The van der Waals surface area contributed by atoms with Crippen LogP contribution in [-0.4, -0.2) is 11.7 Å². The lowest BCUT2D eigenvalue weighted by Crippen LogP contribution is -2.14. The van der Waals surface area contributed by atoms with Crippen molar-refractivity contribution in [3.8, 4) is 0 Å². The van der Waals surface area contributed by atoms with Crippen LogP contribution in [0.1, 0.15) is 35.3 Å². The van der Waals surface area contributed by atoms with E-state index >= 15 is 0 Å². The maximum Gasteiger partial charge on any atom is 0.234 e. The van der Waals surface area contributed by atoms with Crippen LogP contribution in [-0.2, 0) is 17.6 Å². The Kier molecular flexibility index (Phi) is 4.84. The van der Waals surface area contributed by atoms with Crippen molar-refractivity contribution in [1.82, 2.24) is 0 Å². The minimum absolute atomic E-state index is 0.0747. The van der Waals surface area contributed by atoms with Crippen molar-refractivity contribution in [2.45, 2.75) is 31.4 Å². The zero-order valence-corrected chi connectivity index (χ0v) is 13.7. The molecule has 1 amide bonds. The van der Waals surface area contributed by atoms with E-state index in [4.69, 9.17) is 0 Å². The Balaban J connectivity index is 1.52. The number of fused-ring (bicyclic) bond motifs is 1. The van der Waals surface area contributed by atoms with Crippen molar-refractivity contribution in [3.05, 3.63) is 65.2 Å². The lowest BCUT2D eigenvalue weighted by molar-refractivity contribution is -0.113. The van der Waals surface area contributed by atoms with Crippen LogP contribution >= 0.6 is 11.8 Å². The first-order valence-electron chi connectivity index (χ1n) is 7.80. The van der Waals surface area contributed by atoms with E-state index < -0.39 is 0 Å². The molecule has 0 fully saturated rings. The summed E-state index contributed by atoms with van der Waals surface area (Å²) in [5, 5.41) is 3.34. The molecule has 22 heavy (non-hydrogen) atoms. The molecule has 2 aromatic carbocycles. The molecular weight excluding hydrogens is 290 g/mol. The Bertz CT molecular complexity index is 654. The Morgan fingerprint density at radius 3 is 2.73 bits per heavy atom. The molecule has 2 nitrogen and oxygen atoms in total. The van der Waals surface area contributed by atoms with E-state index in [1.165, 1.54) is 29.5 Å². The summed E-state index contributed by atoms with van der Waals surface area (Å²) in [4.78, 5) is 12.1. The molecule has 2 aromatic rings. The van der Waals surface area contributed by atoms with Crippen molar-refractivity contribution in [3.63, 3.8) is 0 Å². The van der Waals surface area contributed by atoms with E-state index in [2.05, 4.69) is 36.5 Å². The number of nitrogens with one attached hydrogen (secondary N) is 1. The molecule has 0 saturated carbocycles. The van der Waals surface area contributed by atoms with Gasteiger partial charge in [0.1, 0.15) is 0 Å². The number of hydrogen-bond donors (Lipinski definition) is 1. The Morgan fingerprint density at radius 2 is 1.91 bits per heavy atom. The minimum Gasteiger partial charge on any atom is -0.325 e. The van der Waals surface area contributed by atoms with Crippen LogP contribution in [0.25, 0.3) is 0 Å². The predicted molar refractivity (Wildman–Crippen MR) is 94.4 cm³/mol. The summed E-state index contributed by atoms with van der Waals surface area (Å²) in [6, 6.07) is 16.6. The number of thioether (sulfide) groups is 1. The third kappa shape index (κ3) is 3.72. The van der Waals surface area contributed by atoms with E-state index in [0.29, 0.717) is 11.0 Å². The average molecular weight is 311 g/mol. The van der Waals surface area contributed by atoms with Gasteiger partial charge in [-0.15, -0.1) is 11.8 Å². The molecule has 3 heteroatoms. The third-order valence-electron chi connectivity index (χ3n) is 4.12. The molecule has 0 unspecified atom stereocenters. The van der Waals surface area contributed by atoms with Crippen LogP contribution in [0.4, 0.5) is 5.69 Å². The number of amides is 1. The first-order chi connectivity index (χ1) is 10.7. The van der Waals surface area contributed by atoms with Gasteiger partial charge in [0.05, 0.1) is 5.75 Å². The Labute approximate surface area is 136 Å². The normalized spacial score (nSPS) is 14.4. The molecule has 1 aliphatic rings. The quantitative estimate of drug-likeness (QED) is 0.873. The second-order valence-electron chi connectivity index (χ2n) is 5.75. The summed E-state index contributed by atoms with van der Waals surface area (Å²) in [7, 11) is 0. The van der Waals surface area contributed by atoms with Crippen molar-refractivity contribution >= 4 is 23.4 Å². The molecule has 1 aliphatic carbocycles. The molecule has 0 saturated heterocycles. The maximum atomic E-state index is 12.1. The van der Waals surface area contributed by atoms with Crippen LogP contribution in [0.5, 0.6) is 0 Å². The lowest BCUT2D eigenvalue weighted by Gasteiger charge is -2.12. The van der Waals surface area contributed by atoms with Gasteiger partial charge in [0.2, 0.25) is 5.91 Å². The molecule has 0 radical (unpaired) electrons. The third-order valence-corrected chi connectivity index (χ3v) is 5.32. The van der Waals surface area contributed by atoms with Gasteiger partial charge < -0.3 is 5.32 Å². The number of carbonyl (C=O) groups excluding carboxylic acids is 1. The second kappa shape index (κ2) is 7.01. The zero-order chi connectivity index (χ0) is 15.4. The Hall–Kier alpha value is -1.74. The van der Waals surface area contributed by atoms with Gasteiger partial charge in [-0.1, -0.05) is 36.4 Å². The van der Waals surface area contributed by atoms with Crippen molar-refractivity contribution < 1.29 is 4.79 Å². The fourth-order valence-electron chi connectivity index (χ4n) is 2.87. The summed E-state index contributed by atoms with van der Waals surface area (Å²) in [5.41, 5.74) is 5.02. The second-order valence-corrected chi connectivity index (χ2v) is 7.08. The largest absolute Gasteiger partial charge is 0.325 e. The smallest absolute Gasteiger partial charge is 0.234 e. The first kappa shape index (κ1) is 15.2. The molecule has 1 atom stereocenters. The monoisotopic (exact) mass is 311 g/mol. The maximum absolute atomic E-state index is 12.1. The van der Waals surface area contributed by atoms with E-state index in [1.807, 2.05) is 24.3 Å². The van der Waals surface area contributed by atoms with Gasteiger partial charge >= 0.3 is 0 Å². The highest BCUT2D eigenvalue weighted by molar-refractivity contribution is 8.00. The number of carbonyl (C=O) groups is 1. The average Bonchev–Trinajstić information content (AvgIpc) is 3.01. The molecule has 0 aliphatic heterocycles. The number of benzene rings is 2. The van der Waals surface area contributed by atoms with Crippen LogP contribution in [0.15, 0.2) is 48.5 Å².